The van der Waals surface area contributed by atoms with Gasteiger partial charge in [0.1, 0.15) is 5.82 Å². The molecule has 27 heavy (non-hydrogen) atoms. The molecule has 3 aromatic carbocycles. The molecule has 1 heterocycles. The Morgan fingerprint density at radius 3 is 2.07 bits per heavy atom. The maximum absolute atomic E-state index is 12.6. The molecule has 0 radical (unpaired) electrons. The van der Waals surface area contributed by atoms with Crippen molar-refractivity contribution >= 4 is 16.9 Å². The highest BCUT2D eigenvalue weighted by Gasteiger charge is 2.16. The first-order valence-corrected chi connectivity index (χ1v) is 9.12. The van der Waals surface area contributed by atoms with Gasteiger partial charge in [-0.25, -0.2) is 4.98 Å². The van der Waals surface area contributed by atoms with E-state index in [-0.39, 0.29) is 11.9 Å². The summed E-state index contributed by atoms with van der Waals surface area (Å²) in [7, 11) is 0. The van der Waals surface area contributed by atoms with Gasteiger partial charge >= 0.3 is 0 Å². The van der Waals surface area contributed by atoms with Gasteiger partial charge in [-0.2, -0.15) is 0 Å². The maximum Gasteiger partial charge on any atom is 0.221 e. The predicted octanol–water partition coefficient (Wildman–Crippen LogP) is 4.40. The van der Waals surface area contributed by atoms with Gasteiger partial charge in [-0.15, -0.1) is 0 Å². The number of fused-ring (bicyclic) bond motifs is 1. The second kappa shape index (κ2) is 7.87. The number of benzene rings is 3. The van der Waals surface area contributed by atoms with Crippen molar-refractivity contribution in [3.8, 4) is 0 Å². The highest BCUT2D eigenvalue weighted by atomic mass is 16.1. The van der Waals surface area contributed by atoms with E-state index in [9.17, 15) is 4.79 Å². The number of H-pyrrole nitrogens is 1. The fourth-order valence-corrected chi connectivity index (χ4v) is 3.24. The largest absolute Gasteiger partial charge is 0.345 e. The highest BCUT2D eigenvalue weighted by molar-refractivity contribution is 5.78. The lowest BCUT2D eigenvalue weighted by molar-refractivity contribution is -0.121. The highest BCUT2D eigenvalue weighted by Crippen LogP contribution is 2.22. The van der Waals surface area contributed by atoms with E-state index in [1.54, 1.807) is 0 Å². The molecule has 0 atom stereocenters. The lowest BCUT2D eigenvalue weighted by Crippen LogP contribution is -2.29. The number of nitrogens with one attached hydrogen (secondary N) is 2. The van der Waals surface area contributed by atoms with Gasteiger partial charge < -0.3 is 10.3 Å². The number of hydrogen-bond acceptors (Lipinski definition) is 2. The monoisotopic (exact) mass is 355 g/mol. The molecule has 0 bridgehead atoms. The van der Waals surface area contributed by atoms with Crippen LogP contribution in [-0.4, -0.2) is 15.9 Å². The summed E-state index contributed by atoms with van der Waals surface area (Å²) in [4.78, 5) is 20.5. The number of carbonyl (C=O) groups excluding carboxylic acids is 1. The van der Waals surface area contributed by atoms with Crippen molar-refractivity contribution in [2.24, 2.45) is 0 Å². The minimum atomic E-state index is -0.157. The van der Waals surface area contributed by atoms with E-state index in [1.165, 1.54) is 0 Å². The van der Waals surface area contributed by atoms with Crippen LogP contribution in [-0.2, 0) is 11.2 Å². The van der Waals surface area contributed by atoms with E-state index in [0.29, 0.717) is 12.8 Å². The quantitative estimate of drug-likeness (QED) is 0.538. The van der Waals surface area contributed by atoms with Crippen molar-refractivity contribution in [1.29, 1.82) is 0 Å². The second-order valence-corrected chi connectivity index (χ2v) is 6.52. The molecule has 1 aromatic heterocycles. The summed E-state index contributed by atoms with van der Waals surface area (Å²) < 4.78 is 0. The van der Waals surface area contributed by atoms with Crippen molar-refractivity contribution in [2.75, 3.05) is 0 Å². The van der Waals surface area contributed by atoms with Crippen LogP contribution in [0.15, 0.2) is 84.9 Å². The maximum atomic E-state index is 12.6. The Kier molecular flexibility index (Phi) is 4.97. The summed E-state index contributed by atoms with van der Waals surface area (Å²) in [6, 6.07) is 27.8. The van der Waals surface area contributed by atoms with E-state index < -0.39 is 0 Å². The molecule has 0 spiro atoms. The van der Waals surface area contributed by atoms with Crippen LogP contribution in [0.5, 0.6) is 0 Å². The van der Waals surface area contributed by atoms with Crippen LogP contribution in [0, 0.1) is 0 Å². The molecule has 0 fully saturated rings. The number of amides is 1. The first kappa shape index (κ1) is 17.0. The molecular formula is C23H21N3O. The van der Waals surface area contributed by atoms with E-state index >= 15 is 0 Å². The minimum absolute atomic E-state index is 0.00756. The second-order valence-electron chi connectivity index (χ2n) is 6.52. The zero-order valence-corrected chi connectivity index (χ0v) is 14.9. The SMILES string of the molecule is O=C(CCc1nc2ccccc2[nH]1)NC(c1ccccc1)c1ccccc1. The van der Waals surface area contributed by atoms with Gasteiger partial charge in [0.05, 0.1) is 17.1 Å². The Morgan fingerprint density at radius 1 is 0.852 bits per heavy atom. The van der Waals surface area contributed by atoms with Gasteiger partial charge in [0.15, 0.2) is 0 Å². The number of para-hydroxylation sites is 2. The number of aromatic amines is 1. The molecule has 4 nitrogen and oxygen atoms in total. The molecule has 0 aliphatic rings. The van der Waals surface area contributed by atoms with Crippen molar-refractivity contribution in [2.45, 2.75) is 18.9 Å². The third-order valence-electron chi connectivity index (χ3n) is 4.60. The number of carbonyl (C=O) groups is 1. The number of imidazole rings is 1. The van der Waals surface area contributed by atoms with Crippen LogP contribution in [0.3, 0.4) is 0 Å². The lowest BCUT2D eigenvalue weighted by atomic mass is 9.98. The smallest absolute Gasteiger partial charge is 0.221 e. The van der Waals surface area contributed by atoms with Crippen LogP contribution in [0.1, 0.15) is 29.4 Å². The minimum Gasteiger partial charge on any atom is -0.345 e. The zero-order valence-electron chi connectivity index (χ0n) is 14.9. The van der Waals surface area contributed by atoms with Crippen molar-refractivity contribution in [1.82, 2.24) is 15.3 Å². The van der Waals surface area contributed by atoms with Gasteiger partial charge in [-0.05, 0) is 23.3 Å². The number of aromatic nitrogens is 2. The van der Waals surface area contributed by atoms with Crippen LogP contribution < -0.4 is 5.32 Å². The van der Waals surface area contributed by atoms with Gasteiger partial charge in [0.2, 0.25) is 5.91 Å². The number of nitrogens with zero attached hydrogens (tertiary/aromatic N) is 1. The molecule has 2 N–H and O–H groups in total. The third kappa shape index (κ3) is 4.06. The van der Waals surface area contributed by atoms with E-state index in [1.807, 2.05) is 84.9 Å². The van der Waals surface area contributed by atoms with Crippen LogP contribution >= 0.6 is 0 Å². The fraction of sp³-hybridized carbons (Fsp3) is 0.130. The molecule has 0 unspecified atom stereocenters. The van der Waals surface area contributed by atoms with Crippen molar-refractivity contribution < 1.29 is 4.79 Å². The van der Waals surface area contributed by atoms with Gasteiger partial charge in [0, 0.05) is 12.8 Å². The van der Waals surface area contributed by atoms with Crippen molar-refractivity contribution in [3.05, 3.63) is 102 Å². The standard InChI is InChI=1S/C23H21N3O/c27-22(16-15-21-24-19-13-7-8-14-20(19)25-21)26-23(17-9-3-1-4-10-17)18-11-5-2-6-12-18/h1-14,23H,15-16H2,(H,24,25)(H,26,27). The number of aryl methyl sites for hydroxylation is 1. The molecule has 0 saturated heterocycles. The van der Waals surface area contributed by atoms with Gasteiger partial charge in [-0.1, -0.05) is 72.8 Å². The normalized spacial score (nSPS) is 11.0. The molecule has 4 aromatic rings. The molecular weight excluding hydrogens is 334 g/mol. The first-order valence-electron chi connectivity index (χ1n) is 9.12. The first-order chi connectivity index (χ1) is 13.3. The topological polar surface area (TPSA) is 57.8 Å². The van der Waals surface area contributed by atoms with Gasteiger partial charge in [0.25, 0.3) is 0 Å². The molecule has 1 amide bonds. The average molecular weight is 355 g/mol. The van der Waals surface area contributed by atoms with Crippen molar-refractivity contribution in [3.63, 3.8) is 0 Å². The van der Waals surface area contributed by atoms with Crippen LogP contribution in [0.25, 0.3) is 11.0 Å². The molecule has 0 saturated carbocycles. The Morgan fingerprint density at radius 2 is 1.44 bits per heavy atom. The summed E-state index contributed by atoms with van der Waals surface area (Å²) in [5, 5.41) is 3.17. The van der Waals surface area contributed by atoms with Crippen LogP contribution in [0.4, 0.5) is 0 Å². The van der Waals surface area contributed by atoms with E-state index in [0.717, 1.165) is 28.0 Å². The summed E-state index contributed by atoms with van der Waals surface area (Å²) >= 11 is 0. The molecule has 134 valence electrons. The van der Waals surface area contributed by atoms with E-state index in [4.69, 9.17) is 0 Å². The fourth-order valence-electron chi connectivity index (χ4n) is 3.24. The molecule has 0 aliphatic heterocycles. The predicted molar refractivity (Wildman–Crippen MR) is 107 cm³/mol. The molecule has 0 aliphatic carbocycles. The summed E-state index contributed by atoms with van der Waals surface area (Å²) in [6.07, 6.45) is 0.965. The lowest BCUT2D eigenvalue weighted by Gasteiger charge is -2.19. The van der Waals surface area contributed by atoms with Crippen LogP contribution in [0.2, 0.25) is 0 Å². The number of hydrogen-bond donors (Lipinski definition) is 2. The Hall–Kier alpha value is -3.40. The van der Waals surface area contributed by atoms with E-state index in [2.05, 4.69) is 15.3 Å². The third-order valence-corrected chi connectivity index (χ3v) is 4.60. The average Bonchev–Trinajstić information content (AvgIpc) is 3.15. The van der Waals surface area contributed by atoms with Gasteiger partial charge in [-0.3, -0.25) is 4.79 Å². The summed E-state index contributed by atoms with van der Waals surface area (Å²) in [5.41, 5.74) is 4.07. The molecule has 4 rings (SSSR count). The Bertz CT molecular complexity index is 953. The zero-order chi connectivity index (χ0) is 18.5. The molecule has 4 heteroatoms. The Balaban J connectivity index is 1.47. The summed E-state index contributed by atoms with van der Waals surface area (Å²) in [5.74, 6) is 0.843. The Labute approximate surface area is 158 Å². The number of rotatable bonds is 6. The summed E-state index contributed by atoms with van der Waals surface area (Å²) in [6.45, 7) is 0.